The minimum Gasteiger partial charge on any atom is -0.496 e. The summed E-state index contributed by atoms with van der Waals surface area (Å²) in [7, 11) is 1.55. The van der Waals surface area contributed by atoms with E-state index in [2.05, 4.69) is 20.1 Å². The Morgan fingerprint density at radius 2 is 1.65 bits per heavy atom. The summed E-state index contributed by atoms with van der Waals surface area (Å²) in [6, 6.07) is 11.2. The van der Waals surface area contributed by atoms with Crippen molar-refractivity contribution in [2.24, 2.45) is 0 Å². The molecule has 0 unspecified atom stereocenters. The lowest BCUT2D eigenvalue weighted by Gasteiger charge is -2.36. The molecular formula is C34H42N6O7S2. The average Bonchev–Trinajstić information content (AvgIpc) is 3.55. The predicted octanol–water partition coefficient (Wildman–Crippen LogP) is 3.78. The first-order valence-electron chi connectivity index (χ1n) is 16.2. The summed E-state index contributed by atoms with van der Waals surface area (Å²) in [4.78, 5) is 62.2. The monoisotopic (exact) mass is 710 g/mol. The maximum absolute atomic E-state index is 13.5. The third-order valence-electron chi connectivity index (χ3n) is 8.53. The minimum absolute atomic E-state index is 0.00936. The van der Waals surface area contributed by atoms with Crippen LogP contribution in [0.4, 0.5) is 10.8 Å². The number of hydrogen-bond acceptors (Lipinski definition) is 11. The van der Waals surface area contributed by atoms with Crippen molar-refractivity contribution in [1.29, 1.82) is 0 Å². The number of carbonyl (C=O) groups excluding carboxylic acids is 3. The molecule has 3 amide bonds. The van der Waals surface area contributed by atoms with Gasteiger partial charge in [0, 0.05) is 82.0 Å². The van der Waals surface area contributed by atoms with Crippen LogP contribution in [0, 0.1) is 6.92 Å². The van der Waals surface area contributed by atoms with E-state index in [0.717, 1.165) is 53.1 Å². The average molecular weight is 711 g/mol. The number of aryl methyl sites for hydroxylation is 1. The van der Waals surface area contributed by atoms with E-state index in [4.69, 9.17) is 14.6 Å². The molecule has 15 heteroatoms. The summed E-state index contributed by atoms with van der Waals surface area (Å²) in [5.41, 5.74) is 2.99. The zero-order valence-corrected chi connectivity index (χ0v) is 29.6. The van der Waals surface area contributed by atoms with Crippen molar-refractivity contribution in [1.82, 2.24) is 19.7 Å². The van der Waals surface area contributed by atoms with Gasteiger partial charge < -0.3 is 29.3 Å². The topological polar surface area (TPSA) is 145 Å². The van der Waals surface area contributed by atoms with Gasteiger partial charge in [-0.2, -0.15) is 0 Å². The number of nitrogens with one attached hydrogen (secondary N) is 1. The van der Waals surface area contributed by atoms with Gasteiger partial charge in [-0.25, -0.2) is 4.98 Å². The minimum atomic E-state index is -0.853. The van der Waals surface area contributed by atoms with Crippen molar-refractivity contribution in [3.8, 4) is 5.75 Å². The highest BCUT2D eigenvalue weighted by atomic mass is 32.2. The Morgan fingerprint density at radius 1 is 0.959 bits per heavy atom. The Morgan fingerprint density at radius 3 is 2.31 bits per heavy atom. The smallest absolute Gasteiger partial charge is 0.305 e. The second kappa shape index (κ2) is 17.0. The van der Waals surface area contributed by atoms with Gasteiger partial charge in [0.05, 0.1) is 42.7 Å². The normalized spacial score (nSPS) is 15.3. The summed E-state index contributed by atoms with van der Waals surface area (Å²) >= 11 is 2.83. The van der Waals surface area contributed by atoms with E-state index in [1.165, 1.54) is 23.1 Å². The van der Waals surface area contributed by atoms with Gasteiger partial charge in [0.1, 0.15) is 5.75 Å². The Balaban J connectivity index is 1.13. The highest BCUT2D eigenvalue weighted by Crippen LogP contribution is 2.38. The second-order valence-electron chi connectivity index (χ2n) is 11.8. The summed E-state index contributed by atoms with van der Waals surface area (Å²) in [6.07, 6.45) is 1.73. The number of aliphatic carboxylic acids is 1. The van der Waals surface area contributed by atoms with E-state index in [1.54, 1.807) is 30.0 Å². The van der Waals surface area contributed by atoms with Crippen LogP contribution in [-0.4, -0.2) is 128 Å². The van der Waals surface area contributed by atoms with Crippen molar-refractivity contribution < 1.29 is 33.8 Å². The van der Waals surface area contributed by atoms with Crippen LogP contribution in [0.5, 0.6) is 5.75 Å². The van der Waals surface area contributed by atoms with Crippen molar-refractivity contribution in [3.63, 3.8) is 0 Å². The SMILES string of the molecule is COc1cc(C)c(Sc2cnc(NC(=O)c3ccc(N4CCN(CCOCCC(=O)O)CC4)cc3)s2)cc1C(=O)N1CCN(C(C)=O)CC1. The van der Waals surface area contributed by atoms with E-state index in [0.29, 0.717) is 54.8 Å². The predicted molar refractivity (Wildman–Crippen MR) is 188 cm³/mol. The van der Waals surface area contributed by atoms with E-state index in [9.17, 15) is 19.2 Å². The van der Waals surface area contributed by atoms with Crippen LogP contribution >= 0.6 is 23.1 Å². The molecule has 2 aromatic carbocycles. The zero-order valence-electron chi connectivity index (χ0n) is 28.0. The highest BCUT2D eigenvalue weighted by molar-refractivity contribution is 8.01. The number of aromatic nitrogens is 1. The first kappa shape index (κ1) is 36.1. The Kier molecular flexibility index (Phi) is 12.5. The lowest BCUT2D eigenvalue weighted by atomic mass is 10.1. The summed E-state index contributed by atoms with van der Waals surface area (Å²) in [5.74, 6) is -0.722. The molecule has 49 heavy (non-hydrogen) atoms. The number of amides is 3. The van der Waals surface area contributed by atoms with Crippen LogP contribution in [-0.2, 0) is 14.3 Å². The summed E-state index contributed by atoms with van der Waals surface area (Å²) in [6.45, 7) is 10.4. The number of ether oxygens (including phenoxy) is 2. The van der Waals surface area contributed by atoms with Gasteiger partial charge in [-0.3, -0.25) is 29.4 Å². The molecule has 262 valence electrons. The van der Waals surface area contributed by atoms with Crippen molar-refractivity contribution in [3.05, 3.63) is 59.3 Å². The Hall–Kier alpha value is -4.18. The molecule has 0 bridgehead atoms. The number of nitrogens with zero attached hydrogens (tertiary/aromatic N) is 5. The molecule has 13 nitrogen and oxygen atoms in total. The fourth-order valence-corrected chi connectivity index (χ4v) is 7.59. The molecule has 2 fully saturated rings. The third-order valence-corrected chi connectivity index (χ3v) is 10.7. The Bertz CT molecular complexity index is 1630. The number of thiazole rings is 1. The molecule has 2 saturated heterocycles. The van der Waals surface area contributed by atoms with E-state index >= 15 is 0 Å². The van der Waals surface area contributed by atoms with Crippen LogP contribution in [0.25, 0.3) is 0 Å². The van der Waals surface area contributed by atoms with Crippen LogP contribution in [0.3, 0.4) is 0 Å². The molecule has 2 aliphatic heterocycles. The number of hydrogen-bond donors (Lipinski definition) is 2. The van der Waals surface area contributed by atoms with E-state index in [-0.39, 0.29) is 30.7 Å². The molecule has 5 rings (SSSR count). The third kappa shape index (κ3) is 9.71. The van der Waals surface area contributed by atoms with Crippen LogP contribution < -0.4 is 15.0 Å². The van der Waals surface area contributed by atoms with E-state index in [1.807, 2.05) is 43.3 Å². The Labute approximate surface area is 294 Å². The maximum Gasteiger partial charge on any atom is 0.305 e. The van der Waals surface area contributed by atoms with Gasteiger partial charge in [-0.1, -0.05) is 23.1 Å². The molecule has 3 heterocycles. The van der Waals surface area contributed by atoms with Crippen molar-refractivity contribution in [2.75, 3.05) is 89.4 Å². The first-order chi connectivity index (χ1) is 23.6. The van der Waals surface area contributed by atoms with Gasteiger partial charge in [0.2, 0.25) is 5.91 Å². The molecule has 1 aromatic heterocycles. The van der Waals surface area contributed by atoms with Gasteiger partial charge >= 0.3 is 5.97 Å². The molecule has 2 N–H and O–H groups in total. The number of rotatable bonds is 13. The van der Waals surface area contributed by atoms with Crippen molar-refractivity contribution in [2.45, 2.75) is 29.4 Å². The maximum atomic E-state index is 13.5. The van der Waals surface area contributed by atoms with Gasteiger partial charge in [-0.15, -0.1) is 0 Å². The number of carboxylic acids is 1. The molecule has 0 aliphatic carbocycles. The number of methoxy groups -OCH3 is 1. The van der Waals surface area contributed by atoms with Gasteiger partial charge in [0.25, 0.3) is 11.8 Å². The van der Waals surface area contributed by atoms with Crippen molar-refractivity contribution >= 4 is 57.6 Å². The summed E-state index contributed by atoms with van der Waals surface area (Å²) < 4.78 is 11.8. The fourth-order valence-electron chi connectivity index (χ4n) is 5.65. The number of benzene rings is 2. The summed E-state index contributed by atoms with van der Waals surface area (Å²) in [5, 5.41) is 12.1. The first-order valence-corrected chi connectivity index (χ1v) is 17.8. The molecule has 0 radical (unpaired) electrons. The van der Waals surface area contributed by atoms with Gasteiger partial charge in [-0.05, 0) is 48.9 Å². The fraction of sp³-hybridized carbons (Fsp3) is 0.441. The lowest BCUT2D eigenvalue weighted by molar-refractivity contribution is -0.138. The lowest BCUT2D eigenvalue weighted by Crippen LogP contribution is -2.50. The number of carbonyl (C=O) groups is 4. The molecule has 0 atom stereocenters. The standard InChI is InChI=1S/C34H42N6O7S2/c1-23-20-28(46-3)27(33(45)40-15-13-38(14-16-40)24(2)41)21-29(23)48-31-22-35-34(49-31)36-32(44)25-4-6-26(7-5-25)39-11-9-37(10-12-39)17-19-47-18-8-30(42)43/h4-7,20-22H,8-19H2,1-3H3,(H,42,43)(H,35,36,44). The molecule has 2 aliphatic rings. The van der Waals surface area contributed by atoms with Gasteiger partial charge in [0.15, 0.2) is 5.13 Å². The highest BCUT2D eigenvalue weighted by Gasteiger charge is 2.26. The zero-order chi connectivity index (χ0) is 34.9. The molecule has 3 aromatic rings. The number of anilines is 2. The van der Waals surface area contributed by atoms with Crippen LogP contribution in [0.15, 0.2) is 51.7 Å². The van der Waals surface area contributed by atoms with E-state index < -0.39 is 5.97 Å². The second-order valence-corrected chi connectivity index (χ2v) is 14.2. The van der Waals surface area contributed by atoms with Crippen LogP contribution in [0.1, 0.15) is 39.6 Å². The molecule has 0 spiro atoms. The number of piperazine rings is 2. The largest absolute Gasteiger partial charge is 0.496 e. The quantitative estimate of drug-likeness (QED) is 0.250. The molecular weight excluding hydrogens is 669 g/mol. The molecule has 0 saturated carbocycles. The number of carboxylic acid groups (broad SMARTS) is 1. The van der Waals surface area contributed by atoms with Crippen LogP contribution in [0.2, 0.25) is 0 Å².